The fraction of sp³-hybridized carbons (Fsp3) is 0.333. The molecule has 2 aromatic rings. The zero-order valence-electron chi connectivity index (χ0n) is 11.9. The molecule has 106 valence electrons. The molecule has 0 unspecified atom stereocenters. The second-order valence-electron chi connectivity index (χ2n) is 4.72. The number of hydrogen-bond acceptors (Lipinski definition) is 4. The van der Waals surface area contributed by atoms with Gasteiger partial charge >= 0.3 is 0 Å². The second kappa shape index (κ2) is 6.23. The van der Waals surface area contributed by atoms with Crippen molar-refractivity contribution in [1.29, 1.82) is 0 Å². The van der Waals surface area contributed by atoms with Crippen LogP contribution in [0.2, 0.25) is 0 Å². The Morgan fingerprint density at radius 1 is 1.35 bits per heavy atom. The van der Waals surface area contributed by atoms with Gasteiger partial charge in [-0.05, 0) is 36.8 Å². The van der Waals surface area contributed by atoms with Gasteiger partial charge in [0, 0.05) is 24.7 Å². The first-order valence-corrected chi connectivity index (χ1v) is 6.76. The van der Waals surface area contributed by atoms with Crippen molar-refractivity contribution in [3.05, 3.63) is 30.3 Å². The fourth-order valence-corrected chi connectivity index (χ4v) is 2.11. The van der Waals surface area contributed by atoms with Crippen LogP contribution in [0.25, 0.3) is 10.9 Å². The van der Waals surface area contributed by atoms with Crippen molar-refractivity contribution < 1.29 is 4.79 Å². The van der Waals surface area contributed by atoms with Crippen LogP contribution < -0.4 is 16.0 Å². The number of nitrogen functional groups attached to an aromatic ring is 1. The largest absolute Gasteiger partial charge is 0.399 e. The van der Waals surface area contributed by atoms with Gasteiger partial charge in [-0.3, -0.25) is 4.79 Å². The minimum Gasteiger partial charge on any atom is -0.399 e. The Hall–Kier alpha value is -2.30. The number of nitrogens with two attached hydrogens (primary N) is 1. The second-order valence-corrected chi connectivity index (χ2v) is 4.72. The highest BCUT2D eigenvalue weighted by Gasteiger charge is 2.11. The number of carbonyl (C=O) groups excluding carboxylic acids is 1. The molecule has 0 bridgehead atoms. The van der Waals surface area contributed by atoms with Crippen molar-refractivity contribution in [3.63, 3.8) is 0 Å². The summed E-state index contributed by atoms with van der Waals surface area (Å²) in [6.45, 7) is 3.19. The first-order valence-electron chi connectivity index (χ1n) is 6.76. The molecular weight excluding hydrogens is 252 g/mol. The summed E-state index contributed by atoms with van der Waals surface area (Å²) in [5.41, 5.74) is 7.37. The maximum atomic E-state index is 11.6. The number of rotatable bonds is 5. The molecule has 0 aliphatic carbocycles. The zero-order chi connectivity index (χ0) is 14.5. The van der Waals surface area contributed by atoms with Crippen LogP contribution in [0, 0.1) is 0 Å². The van der Waals surface area contributed by atoms with Crippen LogP contribution >= 0.6 is 0 Å². The van der Waals surface area contributed by atoms with Crippen LogP contribution in [0.15, 0.2) is 30.3 Å². The molecule has 0 fully saturated rings. The van der Waals surface area contributed by atoms with E-state index in [-0.39, 0.29) is 5.91 Å². The summed E-state index contributed by atoms with van der Waals surface area (Å²) in [5, 5.41) is 3.65. The maximum absolute atomic E-state index is 11.6. The summed E-state index contributed by atoms with van der Waals surface area (Å²) in [4.78, 5) is 18.2. The summed E-state index contributed by atoms with van der Waals surface area (Å²) in [5.74, 6) is 0.797. The normalized spacial score (nSPS) is 10.5. The quantitative estimate of drug-likeness (QED) is 0.814. The molecule has 1 amide bonds. The van der Waals surface area contributed by atoms with E-state index in [4.69, 9.17) is 5.73 Å². The maximum Gasteiger partial charge on any atom is 0.239 e. The predicted octanol–water partition coefficient (Wildman–Crippen LogP) is 1.78. The van der Waals surface area contributed by atoms with Gasteiger partial charge in [0.2, 0.25) is 5.91 Å². The summed E-state index contributed by atoms with van der Waals surface area (Å²) in [6, 6.07) is 9.55. The third kappa shape index (κ3) is 3.17. The van der Waals surface area contributed by atoms with Crippen LogP contribution in [-0.4, -0.2) is 31.0 Å². The molecule has 1 aromatic heterocycles. The highest BCUT2D eigenvalue weighted by Crippen LogP contribution is 2.20. The van der Waals surface area contributed by atoms with Crippen molar-refractivity contribution in [2.45, 2.75) is 13.3 Å². The van der Waals surface area contributed by atoms with E-state index in [1.807, 2.05) is 35.2 Å². The van der Waals surface area contributed by atoms with Crippen LogP contribution in [0.4, 0.5) is 11.5 Å². The summed E-state index contributed by atoms with van der Waals surface area (Å²) >= 11 is 0. The molecule has 20 heavy (non-hydrogen) atoms. The molecular formula is C15H20N4O. The van der Waals surface area contributed by atoms with Gasteiger partial charge in [0.25, 0.3) is 0 Å². The van der Waals surface area contributed by atoms with E-state index in [2.05, 4.69) is 17.2 Å². The summed E-state index contributed by atoms with van der Waals surface area (Å²) in [7, 11) is 1.64. The van der Waals surface area contributed by atoms with Crippen LogP contribution in [0.1, 0.15) is 13.3 Å². The molecule has 3 N–H and O–H groups in total. The molecule has 0 aliphatic rings. The van der Waals surface area contributed by atoms with Crippen LogP contribution in [0.5, 0.6) is 0 Å². The van der Waals surface area contributed by atoms with Crippen molar-refractivity contribution in [2.24, 2.45) is 0 Å². The lowest BCUT2D eigenvalue weighted by molar-refractivity contribution is -0.119. The molecule has 2 rings (SSSR count). The van der Waals surface area contributed by atoms with E-state index in [0.29, 0.717) is 6.54 Å². The molecule has 1 heterocycles. The van der Waals surface area contributed by atoms with Gasteiger partial charge in [-0.2, -0.15) is 0 Å². The molecule has 0 spiro atoms. The van der Waals surface area contributed by atoms with E-state index >= 15 is 0 Å². The lowest BCUT2D eigenvalue weighted by Gasteiger charge is -2.22. The number of anilines is 2. The highest BCUT2D eigenvalue weighted by molar-refractivity contribution is 5.85. The minimum atomic E-state index is -0.0161. The topological polar surface area (TPSA) is 71.2 Å². The van der Waals surface area contributed by atoms with E-state index < -0.39 is 0 Å². The number of fused-ring (bicyclic) bond motifs is 1. The first kappa shape index (κ1) is 14.1. The SMILES string of the molecule is CCCN(CC(=O)NC)c1ccc2cc(N)ccc2n1. The average molecular weight is 272 g/mol. The van der Waals surface area contributed by atoms with Gasteiger partial charge in [0.15, 0.2) is 0 Å². The number of pyridine rings is 1. The summed E-state index contributed by atoms with van der Waals surface area (Å²) < 4.78 is 0. The van der Waals surface area contributed by atoms with Crippen molar-refractivity contribution >= 4 is 28.3 Å². The summed E-state index contributed by atoms with van der Waals surface area (Å²) in [6.07, 6.45) is 0.957. The number of nitrogens with one attached hydrogen (secondary N) is 1. The Labute approximate surface area is 118 Å². The number of hydrogen-bond donors (Lipinski definition) is 2. The zero-order valence-corrected chi connectivity index (χ0v) is 11.9. The Kier molecular flexibility index (Phi) is 4.40. The number of likely N-dealkylation sites (N-methyl/N-ethyl adjacent to an activating group) is 1. The molecule has 0 saturated carbocycles. The van der Waals surface area contributed by atoms with Gasteiger partial charge in [-0.1, -0.05) is 6.92 Å². The number of nitrogens with zero attached hydrogens (tertiary/aromatic N) is 2. The monoisotopic (exact) mass is 272 g/mol. The molecule has 0 atom stereocenters. The fourth-order valence-electron chi connectivity index (χ4n) is 2.11. The van der Waals surface area contributed by atoms with E-state index in [1.54, 1.807) is 7.05 Å². The van der Waals surface area contributed by atoms with E-state index in [0.717, 1.165) is 35.4 Å². The average Bonchev–Trinajstić information content (AvgIpc) is 2.46. The third-order valence-corrected chi connectivity index (χ3v) is 3.13. The lowest BCUT2D eigenvalue weighted by Crippen LogP contribution is -2.36. The lowest BCUT2D eigenvalue weighted by atomic mass is 10.2. The molecule has 0 aliphatic heterocycles. The van der Waals surface area contributed by atoms with Crippen molar-refractivity contribution in [1.82, 2.24) is 10.3 Å². The third-order valence-electron chi connectivity index (χ3n) is 3.13. The van der Waals surface area contributed by atoms with Gasteiger partial charge in [0.1, 0.15) is 5.82 Å². The van der Waals surface area contributed by atoms with Crippen molar-refractivity contribution in [3.8, 4) is 0 Å². The van der Waals surface area contributed by atoms with Gasteiger partial charge in [-0.25, -0.2) is 4.98 Å². The number of aromatic nitrogens is 1. The Morgan fingerprint density at radius 2 is 2.15 bits per heavy atom. The first-order chi connectivity index (χ1) is 9.63. The van der Waals surface area contributed by atoms with Crippen molar-refractivity contribution in [2.75, 3.05) is 30.8 Å². The number of carbonyl (C=O) groups is 1. The highest BCUT2D eigenvalue weighted by atomic mass is 16.1. The minimum absolute atomic E-state index is 0.0161. The smallest absolute Gasteiger partial charge is 0.239 e. The molecule has 5 heteroatoms. The Morgan fingerprint density at radius 3 is 2.85 bits per heavy atom. The standard InChI is InChI=1S/C15H20N4O/c1-3-8-19(10-15(20)17-2)14-7-4-11-9-12(16)5-6-13(11)18-14/h4-7,9H,3,8,10,16H2,1-2H3,(H,17,20). The van der Waals surface area contributed by atoms with Crippen LogP contribution in [-0.2, 0) is 4.79 Å². The predicted molar refractivity (Wildman–Crippen MR) is 82.7 cm³/mol. The van der Waals surface area contributed by atoms with Gasteiger partial charge in [0.05, 0.1) is 12.1 Å². The molecule has 0 radical (unpaired) electrons. The molecule has 0 saturated heterocycles. The molecule has 5 nitrogen and oxygen atoms in total. The van der Waals surface area contributed by atoms with Gasteiger partial charge in [-0.15, -0.1) is 0 Å². The Bertz CT molecular complexity index is 612. The number of benzene rings is 1. The molecule has 1 aromatic carbocycles. The van der Waals surface area contributed by atoms with Crippen LogP contribution in [0.3, 0.4) is 0 Å². The number of amides is 1. The van der Waals surface area contributed by atoms with Gasteiger partial charge < -0.3 is 16.0 Å². The van der Waals surface area contributed by atoms with E-state index in [1.165, 1.54) is 0 Å². The van der Waals surface area contributed by atoms with E-state index in [9.17, 15) is 4.79 Å². The Balaban J connectivity index is 2.32.